The largest absolute Gasteiger partial charge is 0.481 e. The number of halogens is 1. The number of carbonyl (C=O) groups excluding carboxylic acids is 1. The highest BCUT2D eigenvalue weighted by molar-refractivity contribution is 6.17. The number of methoxy groups -OCH3 is 1. The van der Waals surface area contributed by atoms with Gasteiger partial charge in [-0.1, -0.05) is 0 Å². The van der Waals surface area contributed by atoms with E-state index in [9.17, 15) is 4.79 Å². The molecule has 2 aromatic heterocycles. The van der Waals surface area contributed by atoms with E-state index >= 15 is 0 Å². The van der Waals surface area contributed by atoms with Gasteiger partial charge in [0.15, 0.2) is 5.65 Å². The normalized spacial score (nSPS) is 18.8. The van der Waals surface area contributed by atoms with Crippen molar-refractivity contribution in [3.63, 3.8) is 0 Å². The molecule has 1 unspecified atom stereocenters. The van der Waals surface area contributed by atoms with Crippen LogP contribution < -0.4 is 10.1 Å². The van der Waals surface area contributed by atoms with Crippen LogP contribution in [0.4, 0.5) is 0 Å². The molecule has 1 aliphatic heterocycles. The quantitative estimate of drug-likeness (QED) is 0.872. The number of hydrogen-bond acceptors (Lipinski definition) is 4. The molecule has 0 saturated carbocycles. The monoisotopic (exact) mass is 308 g/mol. The molecule has 7 heteroatoms. The number of alkyl halides is 1. The number of rotatable bonds is 4. The first-order valence-corrected chi connectivity index (χ1v) is 7.51. The van der Waals surface area contributed by atoms with Crippen LogP contribution in [0.5, 0.6) is 5.88 Å². The van der Waals surface area contributed by atoms with Crippen molar-refractivity contribution in [3.8, 4) is 5.88 Å². The number of hydrogen-bond donors (Lipinski definition) is 1. The number of aryl methyl sites for hydroxylation is 1. The first-order chi connectivity index (χ1) is 10.2. The van der Waals surface area contributed by atoms with Crippen molar-refractivity contribution < 1.29 is 9.53 Å². The number of nitrogens with zero attached hydrogens (tertiary/aromatic N) is 3. The predicted molar refractivity (Wildman–Crippen MR) is 79.8 cm³/mol. The number of piperidine rings is 1. The van der Waals surface area contributed by atoms with Crippen molar-refractivity contribution in [2.45, 2.75) is 25.3 Å². The molecule has 3 heterocycles. The van der Waals surface area contributed by atoms with Gasteiger partial charge in [-0.3, -0.25) is 4.79 Å². The smallest absolute Gasteiger partial charge is 0.220 e. The van der Waals surface area contributed by atoms with E-state index in [-0.39, 0.29) is 11.9 Å². The lowest BCUT2D eigenvalue weighted by Gasteiger charge is -2.25. The van der Waals surface area contributed by atoms with Crippen molar-refractivity contribution >= 4 is 28.7 Å². The van der Waals surface area contributed by atoms with Crippen molar-refractivity contribution in [3.05, 3.63) is 18.0 Å². The van der Waals surface area contributed by atoms with Crippen LogP contribution in [0, 0.1) is 0 Å². The topological polar surface area (TPSA) is 69.0 Å². The Bertz CT molecular complexity index is 660. The van der Waals surface area contributed by atoms with E-state index in [1.807, 2.05) is 6.07 Å². The number of nitrogens with one attached hydrogen (secondary N) is 1. The van der Waals surface area contributed by atoms with E-state index < -0.39 is 0 Å². The molecule has 0 aromatic carbocycles. The van der Waals surface area contributed by atoms with Crippen molar-refractivity contribution in [1.29, 1.82) is 0 Å². The van der Waals surface area contributed by atoms with E-state index in [1.165, 1.54) is 0 Å². The summed E-state index contributed by atoms with van der Waals surface area (Å²) in [5.74, 6) is 2.06. The molecule has 21 heavy (non-hydrogen) atoms. The highest BCUT2D eigenvalue weighted by Crippen LogP contribution is 2.26. The molecule has 1 atom stereocenters. The lowest BCUT2D eigenvalue weighted by atomic mass is 10.1. The Morgan fingerprint density at radius 2 is 2.33 bits per heavy atom. The number of carbonyl (C=O) groups is 1. The zero-order valence-electron chi connectivity index (χ0n) is 11.8. The minimum absolute atomic E-state index is 0.0973. The number of aromatic nitrogens is 3. The van der Waals surface area contributed by atoms with Gasteiger partial charge >= 0.3 is 0 Å². The Kier molecular flexibility index (Phi) is 3.96. The maximum atomic E-state index is 11.4. The summed E-state index contributed by atoms with van der Waals surface area (Å²) < 4.78 is 7.30. The molecule has 1 aliphatic rings. The summed E-state index contributed by atoms with van der Waals surface area (Å²) in [7, 11) is 1.59. The van der Waals surface area contributed by atoms with E-state index in [2.05, 4.69) is 19.9 Å². The lowest BCUT2D eigenvalue weighted by Crippen LogP contribution is -2.36. The minimum Gasteiger partial charge on any atom is -0.481 e. The van der Waals surface area contributed by atoms with Crippen LogP contribution in [0.3, 0.4) is 0 Å². The lowest BCUT2D eigenvalue weighted by molar-refractivity contribution is -0.122. The third-order valence-corrected chi connectivity index (χ3v) is 3.91. The van der Waals surface area contributed by atoms with Gasteiger partial charge in [0, 0.05) is 31.3 Å². The minimum atomic E-state index is 0.0973. The average Bonchev–Trinajstić information content (AvgIpc) is 2.85. The highest BCUT2D eigenvalue weighted by Gasteiger charge is 2.24. The zero-order chi connectivity index (χ0) is 14.8. The number of ether oxygens (including phenoxy) is 1. The fourth-order valence-corrected chi connectivity index (χ4v) is 2.87. The molecular weight excluding hydrogens is 292 g/mol. The Labute approximate surface area is 127 Å². The first kappa shape index (κ1) is 14.1. The van der Waals surface area contributed by atoms with Gasteiger partial charge in [-0.15, -0.1) is 11.6 Å². The summed E-state index contributed by atoms with van der Waals surface area (Å²) in [6.45, 7) is 0.596. The van der Waals surface area contributed by atoms with E-state index in [4.69, 9.17) is 16.3 Å². The molecule has 0 radical (unpaired) electrons. The molecule has 1 saturated heterocycles. The summed E-state index contributed by atoms with van der Waals surface area (Å²) in [4.78, 5) is 20.5. The molecule has 1 fully saturated rings. The standard InChI is InChI=1S/C14H17ClN4O2/c1-21-13-5-3-10-14(18-13)19(11(17-10)6-7-15)9-2-4-12(20)16-8-9/h3,5,9H,2,4,6-8H2,1H3,(H,16,20). The molecular formula is C14H17ClN4O2. The molecule has 1 amide bonds. The molecule has 6 nitrogen and oxygen atoms in total. The predicted octanol–water partition coefficient (Wildman–Crippen LogP) is 1.67. The van der Waals surface area contributed by atoms with E-state index in [0.717, 1.165) is 23.4 Å². The summed E-state index contributed by atoms with van der Waals surface area (Å²) in [6, 6.07) is 3.86. The maximum Gasteiger partial charge on any atom is 0.220 e. The third kappa shape index (κ3) is 2.68. The van der Waals surface area contributed by atoms with Crippen LogP contribution in [0.1, 0.15) is 24.7 Å². The SMILES string of the molecule is COc1ccc2nc(CCCl)n(C3CCC(=O)NC3)c2n1. The first-order valence-electron chi connectivity index (χ1n) is 6.97. The van der Waals surface area contributed by atoms with Crippen molar-refractivity contribution in [2.75, 3.05) is 19.5 Å². The van der Waals surface area contributed by atoms with Gasteiger partial charge in [0.1, 0.15) is 11.3 Å². The molecule has 0 spiro atoms. The molecule has 0 bridgehead atoms. The van der Waals surface area contributed by atoms with Crippen molar-refractivity contribution in [2.24, 2.45) is 0 Å². The summed E-state index contributed by atoms with van der Waals surface area (Å²) in [5.41, 5.74) is 1.61. The van der Waals surface area contributed by atoms with Crippen LogP contribution in [0.15, 0.2) is 12.1 Å². The summed E-state index contributed by atoms with van der Waals surface area (Å²) in [5, 5.41) is 2.90. The molecule has 2 aromatic rings. The van der Waals surface area contributed by atoms with Crippen LogP contribution >= 0.6 is 11.6 Å². The second-order valence-corrected chi connectivity index (χ2v) is 5.41. The van der Waals surface area contributed by atoms with Gasteiger partial charge in [0.05, 0.1) is 13.2 Å². The fourth-order valence-electron chi connectivity index (χ4n) is 2.70. The number of pyridine rings is 1. The second kappa shape index (κ2) is 5.89. The molecule has 1 N–H and O–H groups in total. The fraction of sp³-hybridized carbons (Fsp3) is 0.500. The number of fused-ring (bicyclic) bond motifs is 1. The molecule has 112 valence electrons. The van der Waals surface area contributed by atoms with Gasteiger partial charge in [0.25, 0.3) is 0 Å². The zero-order valence-corrected chi connectivity index (χ0v) is 12.6. The van der Waals surface area contributed by atoms with Gasteiger partial charge in [-0.2, -0.15) is 4.98 Å². The van der Waals surface area contributed by atoms with E-state index in [1.54, 1.807) is 13.2 Å². The Hall–Kier alpha value is -1.82. The third-order valence-electron chi connectivity index (χ3n) is 3.72. The van der Waals surface area contributed by atoms with Crippen LogP contribution in [0.2, 0.25) is 0 Å². The van der Waals surface area contributed by atoms with Gasteiger partial charge in [-0.25, -0.2) is 4.98 Å². The van der Waals surface area contributed by atoms with Crippen molar-refractivity contribution in [1.82, 2.24) is 19.9 Å². The number of amides is 1. The van der Waals surface area contributed by atoms with Crippen LogP contribution in [0.25, 0.3) is 11.2 Å². The Morgan fingerprint density at radius 3 is 3.00 bits per heavy atom. The summed E-state index contributed by atoms with van der Waals surface area (Å²) >= 11 is 5.89. The van der Waals surface area contributed by atoms with E-state index in [0.29, 0.717) is 31.1 Å². The van der Waals surface area contributed by atoms with Crippen LogP contribution in [-0.2, 0) is 11.2 Å². The summed E-state index contributed by atoms with van der Waals surface area (Å²) in [6.07, 6.45) is 1.98. The number of imidazole rings is 1. The second-order valence-electron chi connectivity index (χ2n) is 5.03. The van der Waals surface area contributed by atoms with Gasteiger partial charge < -0.3 is 14.6 Å². The average molecular weight is 309 g/mol. The van der Waals surface area contributed by atoms with Gasteiger partial charge in [-0.05, 0) is 12.5 Å². The Balaban J connectivity index is 2.07. The van der Waals surface area contributed by atoms with Gasteiger partial charge in [0.2, 0.25) is 11.8 Å². The highest BCUT2D eigenvalue weighted by atomic mass is 35.5. The maximum absolute atomic E-state index is 11.4. The molecule has 0 aliphatic carbocycles. The Morgan fingerprint density at radius 1 is 1.48 bits per heavy atom. The molecule has 3 rings (SSSR count). The van der Waals surface area contributed by atoms with Crippen LogP contribution in [-0.4, -0.2) is 40.0 Å².